The molecule has 118 valence electrons. The maximum atomic E-state index is 11.3. The summed E-state index contributed by atoms with van der Waals surface area (Å²) in [4.78, 5) is 0.273. The van der Waals surface area contributed by atoms with Crippen molar-refractivity contribution in [3.63, 3.8) is 0 Å². The minimum atomic E-state index is -3.18. The van der Waals surface area contributed by atoms with Crippen molar-refractivity contribution in [3.05, 3.63) is 48.5 Å². The lowest BCUT2D eigenvalue weighted by Gasteiger charge is -2.09. The molecular formula is C16H18O5S. The van der Waals surface area contributed by atoms with Crippen LogP contribution in [0.4, 0.5) is 0 Å². The first kappa shape index (κ1) is 16.2. The second-order valence-corrected chi connectivity index (χ2v) is 6.63. The molecule has 0 amide bonds. The highest BCUT2D eigenvalue weighted by Crippen LogP contribution is 2.18. The van der Waals surface area contributed by atoms with Crippen molar-refractivity contribution in [2.24, 2.45) is 0 Å². The molecule has 0 bridgehead atoms. The summed E-state index contributed by atoms with van der Waals surface area (Å²) in [6.07, 6.45) is 1.17. The second-order valence-electron chi connectivity index (χ2n) is 4.62. The minimum Gasteiger partial charge on any atom is -0.497 e. The summed E-state index contributed by atoms with van der Waals surface area (Å²) in [7, 11) is -1.57. The molecule has 2 aromatic rings. The lowest BCUT2D eigenvalue weighted by Crippen LogP contribution is -2.09. The molecule has 0 saturated carbocycles. The number of rotatable bonds is 7. The molecule has 0 aliphatic heterocycles. The number of benzene rings is 2. The molecule has 0 atom stereocenters. The van der Waals surface area contributed by atoms with E-state index in [0.29, 0.717) is 19.0 Å². The van der Waals surface area contributed by atoms with Crippen LogP contribution in [0.3, 0.4) is 0 Å². The Bertz CT molecular complexity index is 690. The van der Waals surface area contributed by atoms with E-state index in [1.807, 2.05) is 24.3 Å². The molecular weight excluding hydrogens is 304 g/mol. The van der Waals surface area contributed by atoms with E-state index in [4.69, 9.17) is 14.2 Å². The fourth-order valence-electron chi connectivity index (χ4n) is 1.77. The first-order valence-corrected chi connectivity index (χ1v) is 8.58. The van der Waals surface area contributed by atoms with Crippen LogP contribution in [0.25, 0.3) is 0 Å². The molecule has 0 aliphatic rings. The van der Waals surface area contributed by atoms with Crippen molar-refractivity contribution >= 4 is 9.84 Å². The van der Waals surface area contributed by atoms with E-state index >= 15 is 0 Å². The van der Waals surface area contributed by atoms with Crippen LogP contribution in [-0.2, 0) is 9.84 Å². The van der Waals surface area contributed by atoms with E-state index in [-0.39, 0.29) is 4.90 Å². The van der Waals surface area contributed by atoms with Gasteiger partial charge in [-0.25, -0.2) is 8.42 Å². The zero-order chi connectivity index (χ0) is 16.0. The molecule has 6 heteroatoms. The van der Waals surface area contributed by atoms with Gasteiger partial charge in [0, 0.05) is 6.26 Å². The molecule has 0 heterocycles. The maximum Gasteiger partial charge on any atom is 0.175 e. The molecule has 0 aliphatic carbocycles. The molecule has 0 saturated heterocycles. The summed E-state index contributed by atoms with van der Waals surface area (Å²) in [6.45, 7) is 0.754. The fraction of sp³-hybridized carbons (Fsp3) is 0.250. The van der Waals surface area contributed by atoms with Gasteiger partial charge in [-0.3, -0.25) is 0 Å². The third kappa shape index (κ3) is 4.66. The van der Waals surface area contributed by atoms with Gasteiger partial charge in [-0.2, -0.15) is 0 Å². The molecule has 5 nitrogen and oxygen atoms in total. The largest absolute Gasteiger partial charge is 0.497 e. The van der Waals surface area contributed by atoms with Crippen molar-refractivity contribution < 1.29 is 22.6 Å². The lowest BCUT2D eigenvalue weighted by atomic mass is 10.3. The molecule has 2 rings (SSSR count). The monoisotopic (exact) mass is 322 g/mol. The van der Waals surface area contributed by atoms with Gasteiger partial charge in [0.1, 0.15) is 30.5 Å². The van der Waals surface area contributed by atoms with Crippen LogP contribution < -0.4 is 14.2 Å². The van der Waals surface area contributed by atoms with Gasteiger partial charge in [-0.15, -0.1) is 0 Å². The molecule has 0 aromatic heterocycles. The zero-order valence-electron chi connectivity index (χ0n) is 12.5. The predicted octanol–water partition coefficient (Wildman–Crippen LogP) is 2.56. The topological polar surface area (TPSA) is 61.8 Å². The van der Waals surface area contributed by atoms with Gasteiger partial charge >= 0.3 is 0 Å². The Balaban J connectivity index is 1.78. The van der Waals surface area contributed by atoms with E-state index in [1.165, 1.54) is 18.4 Å². The second kappa shape index (κ2) is 7.17. The van der Waals surface area contributed by atoms with Crippen molar-refractivity contribution in [2.75, 3.05) is 26.6 Å². The Kier molecular flexibility index (Phi) is 5.27. The van der Waals surface area contributed by atoms with Gasteiger partial charge in [0.15, 0.2) is 9.84 Å². The lowest BCUT2D eigenvalue weighted by molar-refractivity contribution is 0.217. The summed E-state index contributed by atoms with van der Waals surface area (Å²) in [5.41, 5.74) is 0. The molecule has 0 spiro atoms. The van der Waals surface area contributed by atoms with E-state index in [0.717, 1.165) is 11.5 Å². The van der Waals surface area contributed by atoms with Crippen LogP contribution in [0.2, 0.25) is 0 Å². The fourth-order valence-corrected chi connectivity index (χ4v) is 2.40. The first-order chi connectivity index (χ1) is 10.5. The third-order valence-corrected chi connectivity index (χ3v) is 4.06. The summed E-state index contributed by atoms with van der Waals surface area (Å²) in [5, 5.41) is 0. The van der Waals surface area contributed by atoms with E-state index in [2.05, 4.69) is 0 Å². The molecule has 22 heavy (non-hydrogen) atoms. The van der Waals surface area contributed by atoms with Crippen molar-refractivity contribution in [2.45, 2.75) is 4.90 Å². The summed E-state index contributed by atoms with van der Waals surface area (Å²) in [6, 6.07) is 13.6. The molecule has 0 N–H and O–H groups in total. The van der Waals surface area contributed by atoms with Gasteiger partial charge < -0.3 is 14.2 Å². The number of ether oxygens (including phenoxy) is 3. The van der Waals surface area contributed by atoms with E-state index in [9.17, 15) is 8.42 Å². The first-order valence-electron chi connectivity index (χ1n) is 6.69. The number of sulfone groups is 1. The van der Waals surface area contributed by atoms with Crippen LogP contribution in [0, 0.1) is 0 Å². The molecule has 2 aromatic carbocycles. The molecule has 0 unspecified atom stereocenters. The normalized spacial score (nSPS) is 11.0. The van der Waals surface area contributed by atoms with Crippen LogP contribution >= 0.6 is 0 Å². The van der Waals surface area contributed by atoms with Gasteiger partial charge in [0.25, 0.3) is 0 Å². The van der Waals surface area contributed by atoms with E-state index in [1.54, 1.807) is 19.2 Å². The Hall–Kier alpha value is -2.21. The molecule has 0 radical (unpaired) electrons. The van der Waals surface area contributed by atoms with Crippen LogP contribution in [0.15, 0.2) is 53.4 Å². The average molecular weight is 322 g/mol. The SMILES string of the molecule is COc1ccc(OCCOc2ccc(S(C)(=O)=O)cc2)cc1. The van der Waals surface area contributed by atoms with Crippen molar-refractivity contribution in [1.29, 1.82) is 0 Å². The molecule has 0 fully saturated rings. The average Bonchev–Trinajstić information content (AvgIpc) is 2.52. The number of methoxy groups -OCH3 is 1. The van der Waals surface area contributed by atoms with E-state index < -0.39 is 9.84 Å². The van der Waals surface area contributed by atoms with Gasteiger partial charge in [-0.1, -0.05) is 0 Å². The Morgan fingerprint density at radius 2 is 1.18 bits per heavy atom. The zero-order valence-corrected chi connectivity index (χ0v) is 13.3. The maximum absolute atomic E-state index is 11.3. The summed E-state index contributed by atoms with van der Waals surface area (Å²) in [5.74, 6) is 2.11. The summed E-state index contributed by atoms with van der Waals surface area (Å²) < 4.78 is 38.8. The highest BCUT2D eigenvalue weighted by atomic mass is 32.2. The van der Waals surface area contributed by atoms with Crippen LogP contribution in [0.5, 0.6) is 17.2 Å². The van der Waals surface area contributed by atoms with Crippen LogP contribution in [0.1, 0.15) is 0 Å². The van der Waals surface area contributed by atoms with Crippen LogP contribution in [-0.4, -0.2) is 35.0 Å². The predicted molar refractivity (Wildman–Crippen MR) is 83.5 cm³/mol. The highest BCUT2D eigenvalue weighted by Gasteiger charge is 2.06. The summed E-state index contributed by atoms with van der Waals surface area (Å²) >= 11 is 0. The Labute approximate surface area is 130 Å². The van der Waals surface area contributed by atoms with Gasteiger partial charge in [0.05, 0.1) is 12.0 Å². The Morgan fingerprint density at radius 3 is 1.59 bits per heavy atom. The quantitative estimate of drug-likeness (QED) is 0.733. The van der Waals surface area contributed by atoms with Crippen molar-refractivity contribution in [1.82, 2.24) is 0 Å². The van der Waals surface area contributed by atoms with Gasteiger partial charge in [-0.05, 0) is 48.5 Å². The highest BCUT2D eigenvalue weighted by molar-refractivity contribution is 7.90. The number of hydrogen-bond donors (Lipinski definition) is 0. The number of hydrogen-bond acceptors (Lipinski definition) is 5. The smallest absolute Gasteiger partial charge is 0.175 e. The third-order valence-electron chi connectivity index (χ3n) is 2.93. The standard InChI is InChI=1S/C16H18O5S/c1-19-13-3-5-14(6-4-13)20-11-12-21-15-7-9-16(10-8-15)22(2,17)18/h3-10H,11-12H2,1-2H3. The van der Waals surface area contributed by atoms with Gasteiger partial charge in [0.2, 0.25) is 0 Å². The minimum absolute atomic E-state index is 0.273. The van der Waals surface area contributed by atoms with Crippen molar-refractivity contribution in [3.8, 4) is 17.2 Å². The Morgan fingerprint density at radius 1 is 0.773 bits per heavy atom.